The first-order valence-electron chi connectivity index (χ1n) is 13.2. The van der Waals surface area contributed by atoms with Crippen LogP contribution in [0.2, 0.25) is 0 Å². The van der Waals surface area contributed by atoms with Crippen molar-refractivity contribution in [2.24, 2.45) is 5.92 Å². The van der Waals surface area contributed by atoms with E-state index in [0.717, 1.165) is 24.0 Å². The van der Waals surface area contributed by atoms with Crippen LogP contribution in [0.4, 0.5) is 16.8 Å². The zero-order valence-electron chi connectivity index (χ0n) is 22.7. The lowest BCUT2D eigenvalue weighted by Gasteiger charge is -2.24. The lowest BCUT2D eigenvalue weighted by molar-refractivity contribution is 0.0694. The van der Waals surface area contributed by atoms with Crippen LogP contribution >= 0.6 is 11.3 Å². The largest absolute Gasteiger partial charge is 0.331 e. The number of carbonyl (C=O) groups is 1. The number of sulfone groups is 1. The molecule has 1 aliphatic heterocycles. The maximum Gasteiger partial charge on any atom is 0.256 e. The average Bonchev–Trinajstić information content (AvgIpc) is 3.82. The van der Waals surface area contributed by atoms with Gasteiger partial charge in [-0.15, -0.1) is 0 Å². The van der Waals surface area contributed by atoms with Crippen molar-refractivity contribution in [3.63, 3.8) is 0 Å². The molecular formula is C27H31N5O5S3. The number of sulfonamides is 1. The molecule has 2 saturated carbocycles. The van der Waals surface area contributed by atoms with E-state index < -0.39 is 19.9 Å². The van der Waals surface area contributed by atoms with Crippen molar-refractivity contribution < 1.29 is 21.6 Å². The minimum absolute atomic E-state index is 0.0482. The molecule has 0 spiro atoms. The van der Waals surface area contributed by atoms with E-state index in [2.05, 4.69) is 15.3 Å². The number of carbonyl (C=O) groups excluding carboxylic acids is 1. The van der Waals surface area contributed by atoms with Crippen molar-refractivity contribution in [1.29, 1.82) is 0 Å². The van der Waals surface area contributed by atoms with Crippen LogP contribution < -0.4 is 9.62 Å². The number of nitrogens with zero attached hydrogens (tertiary/aromatic N) is 4. The molecule has 3 heterocycles. The normalized spacial score (nSPS) is 18.1. The molecule has 0 unspecified atom stereocenters. The number of amides is 1. The minimum Gasteiger partial charge on any atom is -0.331 e. The summed E-state index contributed by atoms with van der Waals surface area (Å²) in [6.45, 7) is 4.27. The van der Waals surface area contributed by atoms with E-state index in [0.29, 0.717) is 58.9 Å². The van der Waals surface area contributed by atoms with E-state index in [4.69, 9.17) is 0 Å². The van der Waals surface area contributed by atoms with Gasteiger partial charge in [0.05, 0.1) is 26.3 Å². The van der Waals surface area contributed by atoms with Gasteiger partial charge < -0.3 is 10.2 Å². The number of hydrogen-bond donors (Lipinski definition) is 1. The van der Waals surface area contributed by atoms with Gasteiger partial charge in [0.2, 0.25) is 10.0 Å². The SMILES string of the molecule is Cc1nc(Nc2cccc(N(C)S(=O)(=O)C3CC3)n2)sc1-c1cc2c(c(S(C)(=O)=O)c1)C(=O)N([C@@H](C)C1CC1)C2. The summed E-state index contributed by atoms with van der Waals surface area (Å²) in [4.78, 5) is 25.1. The molecule has 3 aliphatic rings. The Morgan fingerprint density at radius 2 is 1.82 bits per heavy atom. The van der Waals surface area contributed by atoms with Gasteiger partial charge in [0.15, 0.2) is 15.0 Å². The summed E-state index contributed by atoms with van der Waals surface area (Å²) in [5, 5.41) is 3.36. The summed E-state index contributed by atoms with van der Waals surface area (Å²) in [5.74, 6) is 1.01. The Bertz CT molecular complexity index is 1740. The highest BCUT2D eigenvalue weighted by molar-refractivity contribution is 7.93. The first kappa shape index (κ1) is 27.2. The van der Waals surface area contributed by atoms with Crippen molar-refractivity contribution in [1.82, 2.24) is 14.9 Å². The van der Waals surface area contributed by atoms with E-state index in [-0.39, 0.29) is 27.7 Å². The molecule has 10 nitrogen and oxygen atoms in total. The quantitative estimate of drug-likeness (QED) is 0.383. The van der Waals surface area contributed by atoms with Crippen LogP contribution in [0.15, 0.2) is 35.2 Å². The summed E-state index contributed by atoms with van der Waals surface area (Å²) in [6, 6.07) is 8.67. The molecule has 1 aromatic carbocycles. The molecule has 1 amide bonds. The van der Waals surface area contributed by atoms with Crippen LogP contribution in [0.3, 0.4) is 0 Å². The number of anilines is 3. The number of aryl methyl sites for hydroxylation is 1. The van der Waals surface area contributed by atoms with Crippen molar-refractivity contribution in [3.8, 4) is 10.4 Å². The van der Waals surface area contributed by atoms with Gasteiger partial charge in [-0.2, -0.15) is 0 Å². The molecule has 40 heavy (non-hydrogen) atoms. The van der Waals surface area contributed by atoms with E-state index in [1.807, 2.05) is 19.9 Å². The first-order valence-corrected chi connectivity index (χ1v) is 17.4. The Morgan fingerprint density at radius 3 is 2.48 bits per heavy atom. The molecule has 3 aromatic rings. The third-order valence-electron chi connectivity index (χ3n) is 7.87. The van der Waals surface area contributed by atoms with Gasteiger partial charge in [-0.1, -0.05) is 17.4 Å². The summed E-state index contributed by atoms with van der Waals surface area (Å²) < 4.78 is 52.2. The smallest absolute Gasteiger partial charge is 0.256 e. The van der Waals surface area contributed by atoms with Gasteiger partial charge in [-0.25, -0.2) is 26.8 Å². The third kappa shape index (κ3) is 4.88. The molecule has 6 rings (SSSR count). The lowest BCUT2D eigenvalue weighted by atomic mass is 10.0. The van der Waals surface area contributed by atoms with Crippen LogP contribution in [0, 0.1) is 12.8 Å². The molecule has 2 aliphatic carbocycles. The van der Waals surface area contributed by atoms with E-state index in [9.17, 15) is 21.6 Å². The minimum atomic E-state index is -3.67. The molecule has 0 bridgehead atoms. The number of rotatable bonds is 9. The molecule has 212 valence electrons. The molecular weight excluding hydrogens is 571 g/mol. The number of hydrogen-bond acceptors (Lipinski definition) is 9. The zero-order valence-corrected chi connectivity index (χ0v) is 25.2. The van der Waals surface area contributed by atoms with Gasteiger partial charge in [-0.3, -0.25) is 9.10 Å². The summed E-state index contributed by atoms with van der Waals surface area (Å²) in [6.07, 6.45) is 4.65. The number of aromatic nitrogens is 2. The number of thiazole rings is 1. The Morgan fingerprint density at radius 1 is 1.10 bits per heavy atom. The predicted octanol–water partition coefficient (Wildman–Crippen LogP) is 4.34. The Kier molecular flexibility index (Phi) is 6.46. The Labute approximate surface area is 238 Å². The van der Waals surface area contributed by atoms with Crippen molar-refractivity contribution in [2.75, 3.05) is 22.9 Å². The topological polar surface area (TPSA) is 130 Å². The maximum absolute atomic E-state index is 13.3. The summed E-state index contributed by atoms with van der Waals surface area (Å²) in [7, 11) is -5.59. The van der Waals surface area contributed by atoms with Gasteiger partial charge in [0.1, 0.15) is 11.6 Å². The summed E-state index contributed by atoms with van der Waals surface area (Å²) in [5.41, 5.74) is 2.38. The maximum atomic E-state index is 13.3. The van der Waals surface area contributed by atoms with Crippen LogP contribution in [0.1, 0.15) is 54.2 Å². The number of nitrogens with one attached hydrogen (secondary N) is 1. The molecule has 1 N–H and O–H groups in total. The van der Waals surface area contributed by atoms with Crippen molar-refractivity contribution in [2.45, 2.75) is 62.3 Å². The third-order valence-corrected chi connectivity index (χ3v) is 12.4. The van der Waals surface area contributed by atoms with Crippen LogP contribution in [-0.4, -0.2) is 62.2 Å². The van der Waals surface area contributed by atoms with Crippen molar-refractivity contribution in [3.05, 3.63) is 47.2 Å². The molecule has 1 atom stereocenters. The molecule has 2 aromatic heterocycles. The van der Waals surface area contributed by atoms with Gasteiger partial charge >= 0.3 is 0 Å². The fourth-order valence-corrected chi connectivity index (χ4v) is 8.67. The first-order chi connectivity index (χ1) is 18.8. The molecule has 0 radical (unpaired) electrons. The van der Waals surface area contributed by atoms with E-state index >= 15 is 0 Å². The van der Waals surface area contributed by atoms with Gasteiger partial charge in [-0.05, 0) is 80.8 Å². The van der Waals surface area contributed by atoms with Gasteiger partial charge in [0.25, 0.3) is 5.91 Å². The van der Waals surface area contributed by atoms with Crippen LogP contribution in [0.5, 0.6) is 0 Å². The second-order valence-electron chi connectivity index (χ2n) is 10.9. The highest BCUT2D eigenvalue weighted by Crippen LogP contribution is 2.42. The zero-order chi connectivity index (χ0) is 28.6. The number of benzene rings is 1. The second kappa shape index (κ2) is 9.52. The monoisotopic (exact) mass is 601 g/mol. The fraction of sp³-hybridized carbons (Fsp3) is 0.444. The number of pyridine rings is 1. The van der Waals surface area contributed by atoms with Gasteiger partial charge in [0, 0.05) is 25.9 Å². The van der Waals surface area contributed by atoms with Crippen LogP contribution in [0.25, 0.3) is 10.4 Å². The van der Waals surface area contributed by atoms with E-state index in [1.54, 1.807) is 29.2 Å². The van der Waals surface area contributed by atoms with Crippen molar-refractivity contribution >= 4 is 53.9 Å². The molecule has 2 fully saturated rings. The molecule has 0 saturated heterocycles. The Hall–Kier alpha value is -3.03. The van der Waals surface area contributed by atoms with E-state index in [1.165, 1.54) is 22.7 Å². The highest BCUT2D eigenvalue weighted by atomic mass is 32.2. The lowest BCUT2D eigenvalue weighted by Crippen LogP contribution is -2.35. The predicted molar refractivity (Wildman–Crippen MR) is 155 cm³/mol. The number of fused-ring (bicyclic) bond motifs is 1. The highest BCUT2D eigenvalue weighted by Gasteiger charge is 2.41. The Balaban J connectivity index is 1.31. The van der Waals surface area contributed by atoms with Crippen LogP contribution in [-0.2, 0) is 26.4 Å². The molecule has 13 heteroatoms. The summed E-state index contributed by atoms with van der Waals surface area (Å²) >= 11 is 1.34. The average molecular weight is 602 g/mol. The standard InChI is InChI=1S/C27H31N5O5S3/c1-15-25(38-27(28-15)30-22-6-5-7-23(29-22)31(3)40(36,37)20-10-11-20)18-12-19-14-32(16(2)17-8-9-17)26(33)24(19)21(13-18)39(4,34)35/h5-7,12-13,16-17,20H,8-11,14H2,1-4H3,(H,28,29,30)/t16-/m0/s1. The fourth-order valence-electron chi connectivity index (χ4n) is 5.24. The second-order valence-corrected chi connectivity index (χ2v) is 16.2.